The molecule has 0 spiro atoms. The van der Waals surface area contributed by atoms with Gasteiger partial charge in [-0.3, -0.25) is 19.2 Å². The number of nitrogens with one attached hydrogen (secondary N) is 2. The van der Waals surface area contributed by atoms with Crippen LogP contribution >= 0.6 is 0 Å². The first-order chi connectivity index (χ1) is 18.1. The number of ether oxygens (including phenoxy) is 1. The van der Waals surface area contributed by atoms with Crippen molar-refractivity contribution >= 4 is 35.1 Å². The third-order valence-corrected chi connectivity index (χ3v) is 5.68. The van der Waals surface area contributed by atoms with Gasteiger partial charge >= 0.3 is 12.1 Å². The van der Waals surface area contributed by atoms with E-state index in [0.29, 0.717) is 5.76 Å². The summed E-state index contributed by atoms with van der Waals surface area (Å²) in [6, 6.07) is 13.3. The van der Waals surface area contributed by atoms with E-state index in [-0.39, 0.29) is 42.4 Å². The smallest absolute Gasteiger partial charge is 0.416 e. The molecule has 9 nitrogen and oxygen atoms in total. The molecule has 1 aliphatic heterocycles. The molecule has 1 unspecified atom stereocenters. The summed E-state index contributed by atoms with van der Waals surface area (Å²) in [5.74, 6) is -2.41. The highest BCUT2D eigenvalue weighted by molar-refractivity contribution is 6.05. The lowest BCUT2D eigenvalue weighted by atomic mass is 10.1. The number of hydrogen-bond donors (Lipinski definition) is 2. The lowest BCUT2D eigenvalue weighted by molar-refractivity contribution is -0.151. The predicted molar refractivity (Wildman–Crippen MR) is 128 cm³/mol. The second-order valence-electron chi connectivity index (χ2n) is 8.52. The first-order valence-electron chi connectivity index (χ1n) is 11.4. The highest BCUT2D eigenvalue weighted by Crippen LogP contribution is 2.30. The molecule has 1 aliphatic rings. The predicted octanol–water partition coefficient (Wildman–Crippen LogP) is 4.08. The molecule has 198 valence electrons. The summed E-state index contributed by atoms with van der Waals surface area (Å²) in [6.07, 6.45) is -3.11. The molecule has 0 radical (unpaired) electrons. The molecule has 1 saturated heterocycles. The fraction of sp³-hybridized carbons (Fsp3) is 0.231. The maximum Gasteiger partial charge on any atom is 0.416 e. The van der Waals surface area contributed by atoms with Gasteiger partial charge in [-0.15, -0.1) is 0 Å². The monoisotopic (exact) mass is 529 g/mol. The topological polar surface area (TPSA) is 118 Å². The molecule has 0 saturated carbocycles. The van der Waals surface area contributed by atoms with Crippen LogP contribution in [0, 0.1) is 5.92 Å². The fourth-order valence-electron chi connectivity index (χ4n) is 3.84. The Bertz CT molecular complexity index is 1340. The summed E-state index contributed by atoms with van der Waals surface area (Å²) in [4.78, 5) is 50.8. The van der Waals surface area contributed by atoms with Crippen LogP contribution in [0.25, 0.3) is 0 Å². The third kappa shape index (κ3) is 6.78. The van der Waals surface area contributed by atoms with Crippen molar-refractivity contribution in [1.29, 1.82) is 0 Å². The molecule has 4 rings (SSSR count). The van der Waals surface area contributed by atoms with Gasteiger partial charge in [0.25, 0.3) is 11.8 Å². The van der Waals surface area contributed by atoms with Crippen molar-refractivity contribution in [2.24, 2.45) is 5.92 Å². The number of alkyl halides is 3. The molecule has 0 aliphatic carbocycles. The second kappa shape index (κ2) is 11.2. The number of likely N-dealkylation sites (tertiary alicyclic amines) is 1. The summed E-state index contributed by atoms with van der Waals surface area (Å²) < 4.78 is 49.0. The van der Waals surface area contributed by atoms with E-state index in [2.05, 4.69) is 10.6 Å². The van der Waals surface area contributed by atoms with Gasteiger partial charge in [-0.2, -0.15) is 13.2 Å². The van der Waals surface area contributed by atoms with E-state index < -0.39 is 42.0 Å². The maximum absolute atomic E-state index is 12.9. The number of furan rings is 1. The van der Waals surface area contributed by atoms with Gasteiger partial charge in [0.1, 0.15) is 5.76 Å². The SMILES string of the molecule is O=C(COC(=O)C1CC(=O)N(Cc2ccco2)C1)Nc1cccc(C(=O)Nc2cccc(C(F)(F)F)c2)c1. The highest BCUT2D eigenvalue weighted by Gasteiger charge is 2.36. The van der Waals surface area contributed by atoms with E-state index in [9.17, 15) is 32.3 Å². The van der Waals surface area contributed by atoms with Crippen molar-refractivity contribution in [3.05, 3.63) is 83.8 Å². The Labute approximate surface area is 214 Å². The van der Waals surface area contributed by atoms with Crippen LogP contribution in [0.1, 0.15) is 28.1 Å². The first kappa shape index (κ1) is 26.5. The molecular weight excluding hydrogens is 507 g/mol. The van der Waals surface area contributed by atoms with Crippen molar-refractivity contribution in [2.75, 3.05) is 23.8 Å². The number of hydrogen-bond acceptors (Lipinski definition) is 6. The van der Waals surface area contributed by atoms with Gasteiger partial charge in [0.2, 0.25) is 5.91 Å². The lowest BCUT2D eigenvalue weighted by Gasteiger charge is -2.14. The number of rotatable bonds is 8. The van der Waals surface area contributed by atoms with Crippen LogP contribution in [0.15, 0.2) is 71.3 Å². The van der Waals surface area contributed by atoms with Gasteiger partial charge in [-0.1, -0.05) is 12.1 Å². The number of carbonyl (C=O) groups is 4. The number of anilines is 2. The van der Waals surface area contributed by atoms with Gasteiger partial charge in [-0.25, -0.2) is 0 Å². The first-order valence-corrected chi connectivity index (χ1v) is 11.4. The van der Waals surface area contributed by atoms with E-state index in [1.54, 1.807) is 12.1 Å². The molecule has 2 aromatic carbocycles. The largest absolute Gasteiger partial charge is 0.467 e. The zero-order valence-corrected chi connectivity index (χ0v) is 19.8. The molecule has 1 atom stereocenters. The molecular formula is C26H22F3N3O6. The summed E-state index contributed by atoms with van der Waals surface area (Å²) >= 11 is 0. The number of amides is 3. The maximum atomic E-state index is 12.9. The Kier molecular flexibility index (Phi) is 7.79. The molecule has 3 amide bonds. The summed E-state index contributed by atoms with van der Waals surface area (Å²) in [5, 5.41) is 4.87. The van der Waals surface area contributed by atoms with Gasteiger partial charge in [0.05, 0.1) is 24.3 Å². The number of esters is 1. The molecule has 0 bridgehead atoms. The number of halogens is 3. The minimum absolute atomic E-state index is 0.0375. The van der Waals surface area contributed by atoms with Crippen molar-refractivity contribution in [3.8, 4) is 0 Å². The van der Waals surface area contributed by atoms with Gasteiger partial charge < -0.3 is 24.7 Å². The molecule has 3 aromatic rings. The number of benzene rings is 2. The fourth-order valence-corrected chi connectivity index (χ4v) is 3.84. The normalized spacial score (nSPS) is 15.3. The molecule has 1 aromatic heterocycles. The van der Waals surface area contributed by atoms with Crippen LogP contribution in [-0.2, 0) is 31.8 Å². The Morgan fingerprint density at radius 3 is 2.45 bits per heavy atom. The van der Waals surface area contributed by atoms with Crippen molar-refractivity contribution in [1.82, 2.24) is 4.90 Å². The second-order valence-corrected chi connectivity index (χ2v) is 8.52. The van der Waals surface area contributed by atoms with Crippen molar-refractivity contribution in [2.45, 2.75) is 19.1 Å². The van der Waals surface area contributed by atoms with Crippen LogP contribution in [0.3, 0.4) is 0 Å². The quantitative estimate of drug-likeness (QED) is 0.425. The zero-order valence-electron chi connectivity index (χ0n) is 19.8. The van der Waals surface area contributed by atoms with E-state index in [1.807, 2.05) is 0 Å². The van der Waals surface area contributed by atoms with E-state index in [0.717, 1.165) is 12.1 Å². The Morgan fingerprint density at radius 1 is 1.00 bits per heavy atom. The molecule has 2 heterocycles. The highest BCUT2D eigenvalue weighted by atomic mass is 19.4. The zero-order chi connectivity index (χ0) is 27.3. The number of carbonyl (C=O) groups excluding carboxylic acids is 4. The Morgan fingerprint density at radius 2 is 1.74 bits per heavy atom. The molecule has 38 heavy (non-hydrogen) atoms. The lowest BCUT2D eigenvalue weighted by Crippen LogP contribution is -2.28. The molecule has 1 fully saturated rings. The van der Waals surface area contributed by atoms with E-state index >= 15 is 0 Å². The third-order valence-electron chi connectivity index (χ3n) is 5.68. The average molecular weight is 529 g/mol. The van der Waals surface area contributed by atoms with Gasteiger partial charge in [0, 0.05) is 29.9 Å². The van der Waals surface area contributed by atoms with Crippen LogP contribution < -0.4 is 10.6 Å². The molecule has 12 heteroatoms. The minimum Gasteiger partial charge on any atom is -0.467 e. The minimum atomic E-state index is -4.55. The van der Waals surface area contributed by atoms with Crippen molar-refractivity contribution < 1.29 is 41.5 Å². The molecule has 2 N–H and O–H groups in total. The average Bonchev–Trinajstić information content (AvgIpc) is 3.52. The van der Waals surface area contributed by atoms with Crippen LogP contribution in [0.2, 0.25) is 0 Å². The van der Waals surface area contributed by atoms with E-state index in [1.165, 1.54) is 47.6 Å². The van der Waals surface area contributed by atoms with Crippen LogP contribution in [0.4, 0.5) is 24.5 Å². The number of nitrogens with zero attached hydrogens (tertiary/aromatic N) is 1. The van der Waals surface area contributed by atoms with Gasteiger partial charge in [0.15, 0.2) is 6.61 Å². The standard InChI is InChI=1S/C26H22F3N3O6/c27-26(28,29)18-5-2-7-20(12-18)31-24(35)16-4-1-6-19(10-16)30-22(33)15-38-25(36)17-11-23(34)32(13-17)14-21-8-3-9-37-21/h1-10,12,17H,11,13-15H2,(H,30,33)(H,31,35). The van der Waals surface area contributed by atoms with Crippen LogP contribution in [-0.4, -0.2) is 41.7 Å². The summed E-state index contributed by atoms with van der Waals surface area (Å²) in [5.41, 5.74) is -0.654. The Hall–Kier alpha value is -4.61. The summed E-state index contributed by atoms with van der Waals surface area (Å²) in [7, 11) is 0. The van der Waals surface area contributed by atoms with E-state index in [4.69, 9.17) is 9.15 Å². The Balaban J connectivity index is 1.27. The van der Waals surface area contributed by atoms with Gasteiger partial charge in [-0.05, 0) is 48.5 Å². The van der Waals surface area contributed by atoms with Crippen LogP contribution in [0.5, 0.6) is 0 Å². The summed E-state index contributed by atoms with van der Waals surface area (Å²) in [6.45, 7) is -0.237. The van der Waals surface area contributed by atoms with Crippen molar-refractivity contribution in [3.63, 3.8) is 0 Å².